The molecule has 0 spiro atoms. The van der Waals surface area contributed by atoms with Gasteiger partial charge in [-0.2, -0.15) is 26.3 Å². The van der Waals surface area contributed by atoms with Crippen molar-refractivity contribution in [3.05, 3.63) is 53.1 Å². The van der Waals surface area contributed by atoms with E-state index in [-0.39, 0.29) is 49.7 Å². The molecule has 0 fully saturated rings. The monoisotopic (exact) mass is 490 g/mol. The van der Waals surface area contributed by atoms with Gasteiger partial charge in [0.25, 0.3) is 0 Å². The summed E-state index contributed by atoms with van der Waals surface area (Å²) < 4.78 is 97.4. The van der Waals surface area contributed by atoms with Crippen LogP contribution >= 0.6 is 8.58 Å². The van der Waals surface area contributed by atoms with Crippen molar-refractivity contribution in [1.29, 1.82) is 0 Å². The summed E-state index contributed by atoms with van der Waals surface area (Å²) in [4.78, 5) is 12.8. The van der Waals surface area contributed by atoms with Crippen LogP contribution in [-0.2, 0) is 17.1 Å². The summed E-state index contributed by atoms with van der Waals surface area (Å²) >= 11 is 0. The second-order valence-electron chi connectivity index (χ2n) is 6.32. The number of carbonyl (C=O) groups excluding carboxylic acids is 1. The number of hydrogen-bond acceptors (Lipinski definition) is 4. The molecule has 2 rings (SSSR count). The SMILES string of the molecule is CCOCCOc1ccccc1PC(=O)c1c(C(F)(F)F)cc(OCC)cc1C(F)(F)F.[LiH]. The second-order valence-corrected chi connectivity index (χ2v) is 7.56. The molecule has 2 aromatic rings. The first kappa shape index (κ1) is 29.3. The number of benzene rings is 2. The van der Waals surface area contributed by atoms with Gasteiger partial charge in [-0.05, 0) is 40.6 Å². The second kappa shape index (κ2) is 12.7. The average Bonchev–Trinajstić information content (AvgIpc) is 2.70. The number of halogens is 6. The topological polar surface area (TPSA) is 44.8 Å². The minimum atomic E-state index is -5.20. The predicted molar refractivity (Wildman–Crippen MR) is 115 cm³/mol. The molecular formula is C21H22F6LiO4P. The standard InChI is InChI=1S/C21H21F6O4P.Li.H/c1-3-29-9-10-31-16-7-5-6-8-17(16)32-19(28)18-14(20(22,23)24)11-13(30-4-2)12-15(18)21(25,26)27;;/h5-8,11-12,32H,3-4,9-10H2,1-2H3;;. The number of rotatable bonds is 10. The summed E-state index contributed by atoms with van der Waals surface area (Å²) in [6.07, 6.45) is -10.4. The van der Waals surface area contributed by atoms with Gasteiger partial charge in [-0.15, -0.1) is 0 Å². The maximum atomic E-state index is 13.6. The molecule has 0 saturated carbocycles. The van der Waals surface area contributed by atoms with Crippen LogP contribution in [0, 0.1) is 0 Å². The predicted octanol–water partition coefficient (Wildman–Crippen LogP) is 5.03. The first-order valence-electron chi connectivity index (χ1n) is 9.55. The fourth-order valence-corrected chi connectivity index (χ4v) is 3.89. The fraction of sp³-hybridized carbons (Fsp3) is 0.381. The molecule has 0 aliphatic rings. The van der Waals surface area contributed by atoms with E-state index < -0.39 is 48.9 Å². The van der Waals surface area contributed by atoms with Gasteiger partial charge in [-0.25, -0.2) is 0 Å². The average molecular weight is 490 g/mol. The minimum absolute atomic E-state index is 0. The van der Waals surface area contributed by atoms with Crippen LogP contribution in [0.3, 0.4) is 0 Å². The van der Waals surface area contributed by atoms with E-state index in [1.165, 1.54) is 25.1 Å². The molecule has 1 atom stereocenters. The zero-order chi connectivity index (χ0) is 23.9. The first-order chi connectivity index (χ1) is 15.0. The van der Waals surface area contributed by atoms with Crippen molar-refractivity contribution in [2.45, 2.75) is 26.2 Å². The Morgan fingerprint density at radius 2 is 1.45 bits per heavy atom. The third kappa shape index (κ3) is 8.22. The number of hydrogen-bond donors (Lipinski definition) is 0. The van der Waals surface area contributed by atoms with E-state index in [2.05, 4.69) is 0 Å². The molecule has 12 heteroatoms. The van der Waals surface area contributed by atoms with E-state index in [1.807, 2.05) is 0 Å². The van der Waals surface area contributed by atoms with E-state index in [4.69, 9.17) is 14.2 Å². The fourth-order valence-electron chi connectivity index (χ4n) is 2.79. The summed E-state index contributed by atoms with van der Waals surface area (Å²) in [5.41, 5.74) is -6.13. The Bertz CT molecular complexity index is 899. The molecule has 2 aromatic carbocycles. The zero-order valence-electron chi connectivity index (χ0n) is 17.2. The first-order valence-corrected chi connectivity index (χ1v) is 10.5. The molecular weight excluding hydrogens is 468 g/mol. The summed E-state index contributed by atoms with van der Waals surface area (Å²) in [6.45, 7) is 3.84. The van der Waals surface area contributed by atoms with Crippen LogP contribution < -0.4 is 14.8 Å². The molecule has 33 heavy (non-hydrogen) atoms. The maximum absolute atomic E-state index is 13.6. The van der Waals surface area contributed by atoms with E-state index in [1.54, 1.807) is 13.0 Å². The van der Waals surface area contributed by atoms with Gasteiger partial charge in [-0.3, -0.25) is 4.79 Å². The third-order valence-electron chi connectivity index (χ3n) is 4.09. The Labute approximate surface area is 200 Å². The molecule has 0 radical (unpaired) electrons. The molecule has 0 aliphatic heterocycles. The quantitative estimate of drug-likeness (QED) is 0.203. The molecule has 0 amide bonds. The summed E-state index contributed by atoms with van der Waals surface area (Å²) in [7, 11) is -1.03. The van der Waals surface area contributed by atoms with Crippen molar-refractivity contribution in [1.82, 2.24) is 0 Å². The molecule has 4 nitrogen and oxygen atoms in total. The van der Waals surface area contributed by atoms with Gasteiger partial charge in [0.05, 0.1) is 24.3 Å². The molecule has 178 valence electrons. The van der Waals surface area contributed by atoms with Gasteiger partial charge in [0.15, 0.2) is 5.52 Å². The van der Waals surface area contributed by atoms with Crippen molar-refractivity contribution in [3.63, 3.8) is 0 Å². The summed E-state index contributed by atoms with van der Waals surface area (Å²) in [6, 6.07) is 6.82. The molecule has 0 N–H and O–H groups in total. The van der Waals surface area contributed by atoms with E-state index in [9.17, 15) is 31.1 Å². The molecule has 0 bridgehead atoms. The van der Waals surface area contributed by atoms with Crippen molar-refractivity contribution in [3.8, 4) is 11.5 Å². The number of ether oxygens (including phenoxy) is 3. The summed E-state index contributed by atoms with van der Waals surface area (Å²) in [5, 5.41) is 0.184. The Hall–Kier alpha value is -1.72. The molecule has 0 saturated heterocycles. The van der Waals surface area contributed by atoms with Crippen LogP contribution in [0.2, 0.25) is 0 Å². The van der Waals surface area contributed by atoms with Crippen LogP contribution in [0.5, 0.6) is 11.5 Å². The number of para-hydroxylation sites is 1. The molecule has 0 heterocycles. The van der Waals surface area contributed by atoms with Crippen molar-refractivity contribution in [2.24, 2.45) is 0 Å². The number of carbonyl (C=O) groups is 1. The van der Waals surface area contributed by atoms with Gasteiger partial charge >= 0.3 is 31.2 Å². The summed E-state index contributed by atoms with van der Waals surface area (Å²) in [5.74, 6) is -0.432. The Kier molecular flexibility index (Phi) is 11.2. The van der Waals surface area contributed by atoms with E-state index in [0.29, 0.717) is 18.7 Å². The van der Waals surface area contributed by atoms with Gasteiger partial charge in [0, 0.05) is 17.5 Å². The van der Waals surface area contributed by atoms with E-state index in [0.717, 1.165) is 0 Å². The molecule has 0 aliphatic carbocycles. The van der Waals surface area contributed by atoms with Crippen molar-refractivity contribution >= 4 is 38.3 Å². The Morgan fingerprint density at radius 3 is 1.97 bits per heavy atom. The Morgan fingerprint density at radius 1 is 0.879 bits per heavy atom. The third-order valence-corrected chi connectivity index (χ3v) is 5.24. The van der Waals surface area contributed by atoms with Crippen LogP contribution in [-0.4, -0.2) is 50.8 Å². The van der Waals surface area contributed by atoms with Crippen molar-refractivity contribution < 1.29 is 45.3 Å². The van der Waals surface area contributed by atoms with Gasteiger partial charge in [0.2, 0.25) is 0 Å². The van der Waals surface area contributed by atoms with Crippen LogP contribution in [0.25, 0.3) is 0 Å². The zero-order valence-corrected chi connectivity index (χ0v) is 18.2. The van der Waals surface area contributed by atoms with Gasteiger partial charge in [0.1, 0.15) is 18.1 Å². The van der Waals surface area contributed by atoms with Gasteiger partial charge < -0.3 is 14.2 Å². The number of alkyl halides is 6. The van der Waals surface area contributed by atoms with Gasteiger partial charge in [-0.1, -0.05) is 18.2 Å². The van der Waals surface area contributed by atoms with Crippen LogP contribution in [0.15, 0.2) is 36.4 Å². The molecule has 0 aromatic heterocycles. The van der Waals surface area contributed by atoms with Crippen LogP contribution in [0.4, 0.5) is 26.3 Å². The van der Waals surface area contributed by atoms with Crippen LogP contribution in [0.1, 0.15) is 35.3 Å². The molecule has 1 unspecified atom stereocenters. The Balaban J connectivity index is 0.00000544. The normalized spacial score (nSPS) is 12.0. The van der Waals surface area contributed by atoms with Crippen molar-refractivity contribution in [2.75, 3.05) is 26.4 Å². The van der Waals surface area contributed by atoms with E-state index >= 15 is 0 Å².